The minimum absolute atomic E-state index is 0.0179. The first-order valence-electron chi connectivity index (χ1n) is 7.23. The van der Waals surface area contributed by atoms with Crippen LogP contribution in [0.25, 0.3) is 0 Å². The van der Waals surface area contributed by atoms with Gasteiger partial charge < -0.3 is 14.6 Å². The molecule has 116 valence electrons. The van der Waals surface area contributed by atoms with Crippen LogP contribution in [0.1, 0.15) is 32.2 Å². The highest BCUT2D eigenvalue weighted by atomic mass is 16.5. The van der Waals surface area contributed by atoms with Gasteiger partial charge in [0.2, 0.25) is 5.91 Å². The van der Waals surface area contributed by atoms with E-state index in [2.05, 4.69) is 15.3 Å². The summed E-state index contributed by atoms with van der Waals surface area (Å²) >= 11 is 0. The monoisotopic (exact) mass is 294 g/mol. The number of hydrogen-bond acceptors (Lipinski definition) is 5. The number of H-pyrrole nitrogens is 1. The Kier molecular flexibility index (Phi) is 4.95. The van der Waals surface area contributed by atoms with Gasteiger partial charge in [-0.3, -0.25) is 14.9 Å². The number of carbonyl (C=O) groups excluding carboxylic acids is 2. The second-order valence-electron chi connectivity index (χ2n) is 5.33. The van der Waals surface area contributed by atoms with Crippen molar-refractivity contribution in [1.82, 2.24) is 20.2 Å². The molecule has 1 aromatic heterocycles. The van der Waals surface area contributed by atoms with Gasteiger partial charge in [0, 0.05) is 19.0 Å². The molecule has 7 nitrogen and oxygen atoms in total. The van der Waals surface area contributed by atoms with Gasteiger partial charge in [0.15, 0.2) is 0 Å². The lowest BCUT2D eigenvalue weighted by Crippen LogP contribution is -2.53. The number of ether oxygens (including phenoxy) is 1. The Morgan fingerprint density at radius 2 is 2.29 bits per heavy atom. The summed E-state index contributed by atoms with van der Waals surface area (Å²) in [6, 6.07) is -0.415. The van der Waals surface area contributed by atoms with Crippen molar-refractivity contribution in [2.24, 2.45) is 0 Å². The Balaban J connectivity index is 2.04. The fourth-order valence-corrected chi connectivity index (χ4v) is 2.40. The number of hydrogen-bond donors (Lipinski definition) is 2. The highest BCUT2D eigenvalue weighted by Crippen LogP contribution is 2.15. The first kappa shape index (κ1) is 15.5. The third-order valence-electron chi connectivity index (χ3n) is 3.54. The van der Waals surface area contributed by atoms with Crippen molar-refractivity contribution in [3.05, 3.63) is 17.7 Å². The molecule has 0 aromatic carbocycles. The maximum Gasteiger partial charge on any atom is 0.325 e. The first-order chi connectivity index (χ1) is 10.0. The van der Waals surface area contributed by atoms with Crippen LogP contribution >= 0.6 is 0 Å². The molecule has 21 heavy (non-hydrogen) atoms. The average molecular weight is 294 g/mol. The number of nitrogens with one attached hydrogen (secondary N) is 2. The number of esters is 1. The predicted molar refractivity (Wildman–Crippen MR) is 76.4 cm³/mol. The van der Waals surface area contributed by atoms with Crippen LogP contribution in [-0.4, -0.2) is 52.0 Å². The normalized spacial score (nSPS) is 17.4. The molecule has 0 saturated carbocycles. The molecule has 1 amide bonds. The molecule has 1 atom stereocenters. The van der Waals surface area contributed by atoms with Crippen molar-refractivity contribution >= 4 is 11.9 Å². The summed E-state index contributed by atoms with van der Waals surface area (Å²) in [5.41, 5.74) is 1.92. The lowest BCUT2D eigenvalue weighted by molar-refractivity contribution is -0.150. The number of fused-ring (bicyclic) bond motifs is 1. The molecule has 0 spiro atoms. The standard InChI is InChI=1S/C14H22N4O3/c1-4-21-13(19)7-18(9(2)3)14(20)11-5-10-12(6-15-11)17-8-16-10/h8-9,11,15H,4-7H2,1-3H3,(H,16,17). The van der Waals surface area contributed by atoms with E-state index < -0.39 is 0 Å². The van der Waals surface area contributed by atoms with Gasteiger partial charge in [-0.1, -0.05) is 0 Å². The van der Waals surface area contributed by atoms with E-state index in [0.717, 1.165) is 11.4 Å². The summed E-state index contributed by atoms with van der Waals surface area (Å²) in [5, 5.41) is 3.19. The molecule has 2 N–H and O–H groups in total. The van der Waals surface area contributed by atoms with Crippen molar-refractivity contribution in [1.29, 1.82) is 0 Å². The zero-order valence-electron chi connectivity index (χ0n) is 12.7. The SMILES string of the molecule is CCOC(=O)CN(C(=O)C1Cc2nc[nH]c2CN1)C(C)C. The first-order valence-corrected chi connectivity index (χ1v) is 7.23. The zero-order valence-corrected chi connectivity index (χ0v) is 12.7. The molecule has 1 aliphatic rings. The molecule has 1 unspecified atom stereocenters. The van der Waals surface area contributed by atoms with Crippen LogP contribution in [0.2, 0.25) is 0 Å². The second kappa shape index (κ2) is 6.71. The molecule has 0 aliphatic carbocycles. The molecular formula is C14H22N4O3. The van der Waals surface area contributed by atoms with Gasteiger partial charge in [-0.05, 0) is 20.8 Å². The van der Waals surface area contributed by atoms with Gasteiger partial charge in [0.25, 0.3) is 0 Å². The van der Waals surface area contributed by atoms with Gasteiger partial charge in [-0.25, -0.2) is 4.98 Å². The molecule has 0 bridgehead atoms. The van der Waals surface area contributed by atoms with Crippen LogP contribution in [0.3, 0.4) is 0 Å². The molecule has 0 radical (unpaired) electrons. The summed E-state index contributed by atoms with van der Waals surface area (Å²) < 4.78 is 4.93. The van der Waals surface area contributed by atoms with Crippen LogP contribution in [0.5, 0.6) is 0 Å². The fraction of sp³-hybridized carbons (Fsp3) is 0.643. The Labute approximate surface area is 124 Å². The molecular weight excluding hydrogens is 272 g/mol. The lowest BCUT2D eigenvalue weighted by atomic mass is 10.0. The highest BCUT2D eigenvalue weighted by Gasteiger charge is 2.31. The Morgan fingerprint density at radius 1 is 1.52 bits per heavy atom. The van der Waals surface area contributed by atoms with Gasteiger partial charge in [-0.15, -0.1) is 0 Å². The average Bonchev–Trinajstić information content (AvgIpc) is 2.91. The van der Waals surface area contributed by atoms with Gasteiger partial charge in [0.05, 0.1) is 30.4 Å². The van der Waals surface area contributed by atoms with E-state index >= 15 is 0 Å². The predicted octanol–water partition coefficient (Wildman–Crippen LogP) is 0.224. The van der Waals surface area contributed by atoms with Crippen molar-refractivity contribution < 1.29 is 14.3 Å². The maximum atomic E-state index is 12.6. The fourth-order valence-electron chi connectivity index (χ4n) is 2.40. The van der Waals surface area contributed by atoms with Crippen LogP contribution in [0.4, 0.5) is 0 Å². The summed E-state index contributed by atoms with van der Waals surface area (Å²) in [6.45, 7) is 6.41. The van der Waals surface area contributed by atoms with E-state index in [4.69, 9.17) is 4.74 Å². The third-order valence-corrected chi connectivity index (χ3v) is 3.54. The minimum Gasteiger partial charge on any atom is -0.465 e. The Morgan fingerprint density at radius 3 is 2.95 bits per heavy atom. The number of amides is 1. The van der Waals surface area contributed by atoms with Crippen LogP contribution < -0.4 is 5.32 Å². The Bertz CT molecular complexity index is 512. The number of aromatic amines is 1. The van der Waals surface area contributed by atoms with Gasteiger partial charge in [0.1, 0.15) is 6.54 Å². The van der Waals surface area contributed by atoms with E-state index in [1.54, 1.807) is 18.2 Å². The van der Waals surface area contributed by atoms with Crippen LogP contribution in [-0.2, 0) is 27.3 Å². The van der Waals surface area contributed by atoms with E-state index in [9.17, 15) is 9.59 Å². The lowest BCUT2D eigenvalue weighted by Gasteiger charge is -2.31. The van der Waals surface area contributed by atoms with Crippen molar-refractivity contribution in [3.63, 3.8) is 0 Å². The Hall–Kier alpha value is -1.89. The largest absolute Gasteiger partial charge is 0.465 e. The molecule has 7 heteroatoms. The van der Waals surface area contributed by atoms with E-state index in [1.807, 2.05) is 13.8 Å². The van der Waals surface area contributed by atoms with Gasteiger partial charge in [-0.2, -0.15) is 0 Å². The summed E-state index contributed by atoms with van der Waals surface area (Å²) in [6.07, 6.45) is 2.17. The molecule has 0 fully saturated rings. The molecule has 1 aromatic rings. The zero-order chi connectivity index (χ0) is 15.4. The van der Waals surface area contributed by atoms with Crippen molar-refractivity contribution in [3.8, 4) is 0 Å². The van der Waals surface area contributed by atoms with Crippen molar-refractivity contribution in [2.45, 2.75) is 45.8 Å². The molecule has 0 saturated heterocycles. The number of imidazole rings is 1. The minimum atomic E-state index is -0.379. The van der Waals surface area contributed by atoms with Crippen LogP contribution in [0, 0.1) is 0 Å². The van der Waals surface area contributed by atoms with E-state index in [-0.39, 0.29) is 30.5 Å². The summed E-state index contributed by atoms with van der Waals surface area (Å²) in [4.78, 5) is 33.1. The highest BCUT2D eigenvalue weighted by molar-refractivity contribution is 5.86. The van der Waals surface area contributed by atoms with E-state index in [0.29, 0.717) is 19.6 Å². The topological polar surface area (TPSA) is 87.3 Å². The second-order valence-corrected chi connectivity index (χ2v) is 5.33. The number of carbonyl (C=O) groups is 2. The van der Waals surface area contributed by atoms with Gasteiger partial charge >= 0.3 is 5.97 Å². The molecule has 1 aliphatic heterocycles. The maximum absolute atomic E-state index is 12.6. The number of nitrogens with zero attached hydrogens (tertiary/aromatic N) is 2. The molecule has 2 rings (SSSR count). The summed E-state index contributed by atoms with van der Waals surface area (Å²) in [5.74, 6) is -0.470. The van der Waals surface area contributed by atoms with Crippen molar-refractivity contribution in [2.75, 3.05) is 13.2 Å². The quantitative estimate of drug-likeness (QED) is 0.759. The van der Waals surface area contributed by atoms with E-state index in [1.165, 1.54) is 0 Å². The third kappa shape index (κ3) is 3.60. The summed E-state index contributed by atoms with van der Waals surface area (Å²) in [7, 11) is 0. The number of aromatic nitrogens is 2. The smallest absolute Gasteiger partial charge is 0.325 e. The number of rotatable bonds is 5. The molecule has 2 heterocycles. The van der Waals surface area contributed by atoms with Crippen LogP contribution in [0.15, 0.2) is 6.33 Å².